The van der Waals surface area contributed by atoms with Crippen LogP contribution in [0.3, 0.4) is 0 Å². The Bertz CT molecular complexity index is 1380. The summed E-state index contributed by atoms with van der Waals surface area (Å²) in [7, 11) is -3.44. The molecule has 3 atom stereocenters. The Kier molecular flexibility index (Phi) is 13.5. The zero-order valence-corrected chi connectivity index (χ0v) is 27.8. The monoisotopic (exact) mass is 645 g/mol. The highest BCUT2D eigenvalue weighted by Crippen LogP contribution is 2.28. The molecule has 242 valence electrons. The molecule has 0 saturated heterocycles. The molecule has 3 amide bonds. The highest BCUT2D eigenvalue weighted by Gasteiger charge is 2.31. The number of carbonyl (C=O) groups is 3. The molecule has 44 heavy (non-hydrogen) atoms. The molecule has 1 aliphatic carbocycles. The van der Waals surface area contributed by atoms with Crippen molar-refractivity contribution in [2.45, 2.75) is 96.8 Å². The van der Waals surface area contributed by atoms with Crippen LogP contribution in [-0.4, -0.2) is 55.5 Å². The highest BCUT2D eigenvalue weighted by molar-refractivity contribution is 7.93. The third kappa shape index (κ3) is 12.1. The Balaban J connectivity index is 1.79. The smallest absolute Gasteiger partial charge is 0.263 e. The van der Waals surface area contributed by atoms with Crippen molar-refractivity contribution < 1.29 is 22.8 Å². The van der Waals surface area contributed by atoms with Crippen molar-refractivity contribution in [1.29, 1.82) is 0 Å². The maximum absolute atomic E-state index is 13.8. The Morgan fingerprint density at radius 3 is 2.20 bits per heavy atom. The maximum Gasteiger partial charge on any atom is 0.263 e. The van der Waals surface area contributed by atoms with E-state index in [4.69, 9.17) is 5.73 Å². The van der Waals surface area contributed by atoms with Crippen LogP contribution in [0.25, 0.3) is 0 Å². The van der Waals surface area contributed by atoms with Crippen molar-refractivity contribution in [3.8, 4) is 0 Å². The van der Waals surface area contributed by atoms with Crippen molar-refractivity contribution in [3.05, 3.63) is 63.0 Å². The lowest BCUT2D eigenvalue weighted by atomic mass is 9.84. The average molecular weight is 646 g/mol. The molecule has 5 N–H and O–H groups in total. The number of nitrogens with two attached hydrogens (primary N) is 1. The van der Waals surface area contributed by atoms with Gasteiger partial charge in [0, 0.05) is 18.2 Å². The first-order chi connectivity index (χ1) is 20.8. The third-order valence-corrected chi connectivity index (χ3v) is 9.26. The van der Waals surface area contributed by atoms with Crippen LogP contribution in [-0.2, 0) is 32.4 Å². The molecule has 1 heterocycles. The van der Waals surface area contributed by atoms with Crippen LogP contribution in [0.4, 0.5) is 0 Å². The topological polar surface area (TPSA) is 160 Å². The van der Waals surface area contributed by atoms with Crippen LogP contribution in [0.1, 0.15) is 84.6 Å². The van der Waals surface area contributed by atoms with Crippen LogP contribution < -0.4 is 21.7 Å². The molecular weight excluding hydrogens is 599 g/mol. The fraction of sp³-hybridized carbons (Fsp3) is 0.562. The normalized spacial score (nSPS) is 16.4. The number of sulfone groups is 1. The molecule has 1 fully saturated rings. The van der Waals surface area contributed by atoms with Crippen molar-refractivity contribution in [2.24, 2.45) is 17.6 Å². The van der Waals surface area contributed by atoms with Gasteiger partial charge in [-0.25, -0.2) is 13.4 Å². The number of nitrogens with one attached hydrogen (secondary N) is 3. The first-order valence-electron chi connectivity index (χ1n) is 15.3. The number of amides is 3. The predicted molar refractivity (Wildman–Crippen MR) is 175 cm³/mol. The van der Waals surface area contributed by atoms with E-state index >= 15 is 0 Å². The van der Waals surface area contributed by atoms with E-state index in [0.717, 1.165) is 53.5 Å². The summed E-state index contributed by atoms with van der Waals surface area (Å²) in [5, 5.41) is 10.6. The van der Waals surface area contributed by atoms with Gasteiger partial charge in [-0.15, -0.1) is 11.3 Å². The van der Waals surface area contributed by atoms with Gasteiger partial charge in [-0.2, -0.15) is 0 Å². The first kappa shape index (κ1) is 35.4. The molecule has 12 heteroatoms. The lowest BCUT2D eigenvalue weighted by Gasteiger charge is -2.29. The van der Waals surface area contributed by atoms with Gasteiger partial charge >= 0.3 is 0 Å². The van der Waals surface area contributed by atoms with E-state index in [-0.39, 0.29) is 11.8 Å². The number of hydrogen-bond donors (Lipinski definition) is 4. The van der Waals surface area contributed by atoms with E-state index in [9.17, 15) is 22.8 Å². The van der Waals surface area contributed by atoms with Gasteiger partial charge in [-0.1, -0.05) is 76.3 Å². The maximum atomic E-state index is 13.8. The summed E-state index contributed by atoms with van der Waals surface area (Å²) in [4.78, 5) is 45.1. The first-order valence-corrected chi connectivity index (χ1v) is 18.1. The minimum atomic E-state index is -3.44. The van der Waals surface area contributed by atoms with Crippen molar-refractivity contribution in [2.75, 3.05) is 6.26 Å². The number of benzene rings is 1. The molecule has 10 nitrogen and oxygen atoms in total. The second-order valence-electron chi connectivity index (χ2n) is 12.2. The molecule has 0 radical (unpaired) electrons. The fourth-order valence-corrected chi connectivity index (χ4v) is 6.57. The van der Waals surface area contributed by atoms with Gasteiger partial charge in [0.25, 0.3) is 5.91 Å². The van der Waals surface area contributed by atoms with Gasteiger partial charge in [0.1, 0.15) is 17.0 Å². The van der Waals surface area contributed by atoms with Gasteiger partial charge in [0.15, 0.2) is 9.84 Å². The summed E-state index contributed by atoms with van der Waals surface area (Å²) in [6.45, 7) is 6.13. The largest absolute Gasteiger partial charge is 0.348 e. The Morgan fingerprint density at radius 2 is 1.64 bits per heavy atom. The summed E-state index contributed by atoms with van der Waals surface area (Å²) in [5.74, 6) is -0.813. The SMILES string of the molecule is Cc1ncc(C(=O)N[C@@H](CC2CCCCC2)C(=O)N[C@@H](CC(C)C)C(=O)N[C@H](/C=C/S(C)(=O)=O)Cc2ccc(CN)cc2)s1. The Morgan fingerprint density at radius 1 is 1.00 bits per heavy atom. The number of rotatable bonds is 15. The van der Waals surface area contributed by atoms with Crippen molar-refractivity contribution >= 4 is 38.9 Å². The second kappa shape index (κ2) is 16.8. The molecule has 1 aliphatic rings. The molecular formula is C32H47N5O5S2. The summed E-state index contributed by atoms with van der Waals surface area (Å²) in [6.07, 6.45) is 10.6. The van der Waals surface area contributed by atoms with E-state index < -0.39 is 39.8 Å². The summed E-state index contributed by atoms with van der Waals surface area (Å²) >= 11 is 1.26. The molecule has 0 spiro atoms. The summed E-state index contributed by atoms with van der Waals surface area (Å²) in [5.41, 5.74) is 7.56. The molecule has 1 aromatic carbocycles. The lowest BCUT2D eigenvalue weighted by molar-refractivity contribution is -0.130. The molecule has 1 saturated carbocycles. The average Bonchev–Trinajstić information content (AvgIpc) is 3.41. The molecule has 0 bridgehead atoms. The van der Waals surface area contributed by atoms with Crippen LogP contribution in [0.5, 0.6) is 0 Å². The van der Waals surface area contributed by atoms with Gasteiger partial charge in [0.05, 0.1) is 17.2 Å². The molecule has 1 aromatic heterocycles. The fourth-order valence-electron chi connectivity index (χ4n) is 5.41. The standard InChI is InChI=1S/C32H47N5O5S2/c1-21(2)16-27(30(38)35-26(14-15-44(4,41)42)17-24-10-12-25(19-33)13-11-24)36-31(39)28(18-23-8-6-5-7-9-23)37-32(40)29-20-34-22(3)43-29/h10-15,20-21,23,26-28H,5-9,16-19,33H2,1-4H3,(H,35,38)(H,36,39)(H,37,40)/b15-14+/t26-,27+,28+/m1/s1. The molecule has 2 aromatic rings. The molecule has 0 aliphatic heterocycles. The zero-order chi connectivity index (χ0) is 32.3. The van der Waals surface area contributed by atoms with E-state index in [0.29, 0.717) is 36.6 Å². The van der Waals surface area contributed by atoms with E-state index in [1.165, 1.54) is 30.0 Å². The van der Waals surface area contributed by atoms with Gasteiger partial charge in [0.2, 0.25) is 11.8 Å². The number of carbonyl (C=O) groups excluding carboxylic acids is 3. The van der Waals surface area contributed by atoms with Crippen LogP contribution in [0.15, 0.2) is 41.9 Å². The Labute approximate surface area is 265 Å². The second-order valence-corrected chi connectivity index (χ2v) is 15.4. The lowest BCUT2D eigenvalue weighted by Crippen LogP contribution is -2.55. The van der Waals surface area contributed by atoms with Crippen LogP contribution in [0.2, 0.25) is 0 Å². The van der Waals surface area contributed by atoms with Crippen molar-refractivity contribution in [1.82, 2.24) is 20.9 Å². The molecule has 0 unspecified atom stereocenters. The van der Waals surface area contributed by atoms with Gasteiger partial charge in [-0.3, -0.25) is 14.4 Å². The van der Waals surface area contributed by atoms with E-state index in [1.54, 1.807) is 0 Å². The van der Waals surface area contributed by atoms with Gasteiger partial charge < -0.3 is 21.7 Å². The van der Waals surface area contributed by atoms with E-state index in [1.807, 2.05) is 45.0 Å². The number of aromatic nitrogens is 1. The van der Waals surface area contributed by atoms with E-state index in [2.05, 4.69) is 20.9 Å². The highest BCUT2D eigenvalue weighted by atomic mass is 32.2. The van der Waals surface area contributed by atoms with Crippen LogP contribution >= 0.6 is 11.3 Å². The number of hydrogen-bond acceptors (Lipinski definition) is 8. The minimum Gasteiger partial charge on any atom is -0.348 e. The van der Waals surface area contributed by atoms with Crippen LogP contribution in [0, 0.1) is 18.8 Å². The summed E-state index contributed by atoms with van der Waals surface area (Å²) < 4.78 is 23.8. The third-order valence-electron chi connectivity index (χ3n) is 7.70. The van der Waals surface area contributed by atoms with Gasteiger partial charge in [-0.05, 0) is 49.1 Å². The molecule has 3 rings (SSSR count). The predicted octanol–water partition coefficient (Wildman–Crippen LogP) is 3.80. The number of aryl methyl sites for hydroxylation is 1. The number of nitrogens with zero attached hydrogens (tertiary/aromatic N) is 1. The number of thiazole rings is 1. The summed E-state index contributed by atoms with van der Waals surface area (Å²) in [6, 6.07) is 5.25. The quantitative estimate of drug-likeness (QED) is 0.229. The minimum absolute atomic E-state index is 0.0754. The van der Waals surface area contributed by atoms with Crippen molar-refractivity contribution in [3.63, 3.8) is 0 Å². The zero-order valence-electron chi connectivity index (χ0n) is 26.2. The Hall–Kier alpha value is -3.09.